The van der Waals surface area contributed by atoms with Gasteiger partial charge in [0.25, 0.3) is 0 Å². The van der Waals surface area contributed by atoms with Crippen molar-refractivity contribution in [3.05, 3.63) is 59.4 Å². The molecule has 1 aromatic heterocycles. The highest BCUT2D eigenvalue weighted by atomic mass is 19.3. The van der Waals surface area contributed by atoms with E-state index in [1.54, 1.807) is 25.1 Å². The Balaban J connectivity index is 1.56. The van der Waals surface area contributed by atoms with E-state index in [-0.39, 0.29) is 35.5 Å². The van der Waals surface area contributed by atoms with Crippen LogP contribution in [0, 0.1) is 11.3 Å². The van der Waals surface area contributed by atoms with Crippen LogP contribution in [0.4, 0.5) is 8.78 Å². The van der Waals surface area contributed by atoms with Crippen LogP contribution in [0.5, 0.6) is 5.75 Å². The van der Waals surface area contributed by atoms with Gasteiger partial charge in [-0.15, -0.1) is 0 Å². The summed E-state index contributed by atoms with van der Waals surface area (Å²) >= 11 is 0. The lowest BCUT2D eigenvalue weighted by Crippen LogP contribution is -2.38. The van der Waals surface area contributed by atoms with Crippen LogP contribution in [-0.2, 0) is 22.4 Å². The van der Waals surface area contributed by atoms with Crippen molar-refractivity contribution >= 4 is 16.8 Å². The number of hydrogen-bond donors (Lipinski definition) is 1. The van der Waals surface area contributed by atoms with E-state index in [4.69, 9.17) is 4.74 Å². The van der Waals surface area contributed by atoms with E-state index in [9.17, 15) is 23.9 Å². The topological polar surface area (TPSA) is 88.1 Å². The number of fused-ring (bicyclic) bond motifs is 1. The minimum Gasteiger partial charge on any atom is -0.432 e. The Kier molecular flexibility index (Phi) is 6.91. The molecule has 0 bridgehead atoms. The maximum absolute atomic E-state index is 13.1. The number of hydrogen-bond acceptors (Lipinski definition) is 5. The molecule has 1 atom stereocenters. The number of aryl methyl sites for hydroxylation is 1. The molecule has 35 heavy (non-hydrogen) atoms. The fourth-order valence-electron chi connectivity index (χ4n) is 4.94. The van der Waals surface area contributed by atoms with Crippen molar-refractivity contribution in [2.24, 2.45) is 0 Å². The van der Waals surface area contributed by atoms with Gasteiger partial charge in [0.05, 0.1) is 22.8 Å². The lowest BCUT2D eigenvalue weighted by molar-refractivity contribution is -0.123. The lowest BCUT2D eigenvalue weighted by Gasteiger charge is -2.41. The van der Waals surface area contributed by atoms with Crippen LogP contribution < -0.4 is 4.74 Å². The number of carbonyl (C=O) groups excluding carboxylic acids is 1. The second kappa shape index (κ2) is 9.74. The summed E-state index contributed by atoms with van der Waals surface area (Å²) in [7, 11) is 0. The van der Waals surface area contributed by atoms with Gasteiger partial charge in [0.15, 0.2) is 5.75 Å². The van der Waals surface area contributed by atoms with Crippen molar-refractivity contribution in [1.29, 1.82) is 5.26 Å². The number of halogens is 2. The molecule has 0 unspecified atom stereocenters. The molecule has 1 saturated carbocycles. The molecule has 3 aromatic rings. The van der Waals surface area contributed by atoms with Crippen molar-refractivity contribution in [2.45, 2.75) is 76.5 Å². The predicted octanol–water partition coefficient (Wildman–Crippen LogP) is 5.60. The number of carbonyl (C=O) groups is 1. The summed E-state index contributed by atoms with van der Waals surface area (Å²) in [5.41, 5.74) is 0.317. The molecule has 1 N–H and O–H groups in total. The third kappa shape index (κ3) is 5.20. The van der Waals surface area contributed by atoms with Crippen LogP contribution in [0.25, 0.3) is 11.0 Å². The minimum absolute atomic E-state index is 0.00303. The normalized spacial score (nSPS) is 16.5. The Hall–Kier alpha value is -3.31. The third-order valence-corrected chi connectivity index (χ3v) is 6.90. The SMILES string of the molecule is CC1(n2c(CCCC(=O)C[C@](C)(O)c3ccccc3)nc3c(OC(F)F)cc(C#N)cc32)CCC1. The van der Waals surface area contributed by atoms with Crippen molar-refractivity contribution in [2.75, 3.05) is 0 Å². The van der Waals surface area contributed by atoms with Gasteiger partial charge in [-0.25, -0.2) is 4.98 Å². The van der Waals surface area contributed by atoms with Gasteiger partial charge in [-0.1, -0.05) is 30.3 Å². The number of rotatable bonds is 10. The van der Waals surface area contributed by atoms with Gasteiger partial charge >= 0.3 is 6.61 Å². The second-order valence-corrected chi connectivity index (χ2v) is 9.76. The molecule has 4 rings (SSSR count). The fourth-order valence-corrected chi connectivity index (χ4v) is 4.94. The summed E-state index contributed by atoms with van der Waals surface area (Å²) in [5.74, 6) is 0.496. The number of nitrogens with zero attached hydrogens (tertiary/aromatic N) is 3. The monoisotopic (exact) mass is 481 g/mol. The van der Waals surface area contributed by atoms with Crippen molar-refractivity contribution in [3.63, 3.8) is 0 Å². The molecule has 0 spiro atoms. The molecule has 184 valence electrons. The highest BCUT2D eigenvalue weighted by molar-refractivity contribution is 5.85. The quantitative estimate of drug-likeness (QED) is 0.407. The first-order valence-electron chi connectivity index (χ1n) is 11.8. The molecule has 0 aliphatic heterocycles. The van der Waals surface area contributed by atoms with Gasteiger partial charge in [0, 0.05) is 30.9 Å². The zero-order chi connectivity index (χ0) is 25.2. The van der Waals surface area contributed by atoms with Gasteiger partial charge in [-0.2, -0.15) is 14.0 Å². The first-order chi connectivity index (χ1) is 16.6. The third-order valence-electron chi connectivity index (χ3n) is 6.90. The highest BCUT2D eigenvalue weighted by Gasteiger charge is 2.37. The average Bonchev–Trinajstić information content (AvgIpc) is 3.16. The van der Waals surface area contributed by atoms with Gasteiger partial charge in [0.1, 0.15) is 17.1 Å². The molecule has 1 heterocycles. The molecule has 0 amide bonds. The smallest absolute Gasteiger partial charge is 0.387 e. The Morgan fingerprint density at radius 2 is 2.03 bits per heavy atom. The van der Waals surface area contributed by atoms with Crippen LogP contribution in [0.2, 0.25) is 0 Å². The number of aliphatic hydroxyl groups is 1. The standard InChI is InChI=1S/C27H29F2N3O3/c1-26(12-7-13-26)32-21-14-18(17-30)15-22(35-25(28)29)24(21)31-23(32)11-6-10-20(33)16-27(2,34)19-8-4-3-5-9-19/h3-5,8-9,14-15,25,34H,6-7,10-13,16H2,1-2H3/t27-/m0/s1. The molecular formula is C27H29F2N3O3. The van der Waals surface area contributed by atoms with Crippen molar-refractivity contribution in [1.82, 2.24) is 9.55 Å². The molecule has 0 radical (unpaired) electrons. The van der Waals surface area contributed by atoms with E-state index < -0.39 is 12.2 Å². The summed E-state index contributed by atoms with van der Waals surface area (Å²) in [6.45, 7) is 0.694. The van der Waals surface area contributed by atoms with Crippen LogP contribution >= 0.6 is 0 Å². The molecular weight excluding hydrogens is 452 g/mol. The zero-order valence-corrected chi connectivity index (χ0v) is 19.9. The number of benzene rings is 2. The number of aromatic nitrogens is 2. The second-order valence-electron chi connectivity index (χ2n) is 9.76. The zero-order valence-electron chi connectivity index (χ0n) is 19.9. The van der Waals surface area contributed by atoms with Gasteiger partial charge < -0.3 is 14.4 Å². The molecule has 8 heteroatoms. The Bertz CT molecular complexity index is 1260. The van der Waals surface area contributed by atoms with Gasteiger partial charge in [0.2, 0.25) is 0 Å². The number of Topliss-reactive ketones (excluding diaryl/α,β-unsaturated/α-hetero) is 1. The molecule has 2 aromatic carbocycles. The lowest BCUT2D eigenvalue weighted by atomic mass is 9.78. The number of alkyl halides is 2. The highest BCUT2D eigenvalue weighted by Crippen LogP contribution is 2.43. The molecule has 1 fully saturated rings. The van der Waals surface area contributed by atoms with Crippen LogP contribution in [-0.4, -0.2) is 27.1 Å². The summed E-state index contributed by atoms with van der Waals surface area (Å²) < 4.78 is 32.8. The largest absolute Gasteiger partial charge is 0.432 e. The first kappa shape index (κ1) is 24.8. The Morgan fingerprint density at radius 3 is 2.63 bits per heavy atom. The number of nitriles is 1. The van der Waals surface area contributed by atoms with E-state index in [1.165, 1.54) is 6.07 Å². The number of ketones is 1. The summed E-state index contributed by atoms with van der Waals surface area (Å²) in [6, 6.07) is 14.1. The van der Waals surface area contributed by atoms with E-state index in [1.807, 2.05) is 28.8 Å². The van der Waals surface area contributed by atoms with Crippen molar-refractivity contribution < 1.29 is 23.4 Å². The fraction of sp³-hybridized carbons (Fsp3) is 0.444. The van der Waals surface area contributed by atoms with Crippen LogP contribution in [0.1, 0.15) is 69.3 Å². The predicted molar refractivity (Wildman–Crippen MR) is 127 cm³/mol. The van der Waals surface area contributed by atoms with Gasteiger partial charge in [-0.3, -0.25) is 4.79 Å². The Labute approximate surface area is 203 Å². The van der Waals surface area contributed by atoms with Gasteiger partial charge in [-0.05, 0) is 51.2 Å². The average molecular weight is 482 g/mol. The summed E-state index contributed by atoms with van der Waals surface area (Å²) in [4.78, 5) is 17.3. The van der Waals surface area contributed by atoms with E-state index >= 15 is 0 Å². The van der Waals surface area contributed by atoms with E-state index in [0.29, 0.717) is 35.3 Å². The first-order valence-corrected chi connectivity index (χ1v) is 11.8. The molecule has 0 saturated heterocycles. The maximum atomic E-state index is 13.1. The molecule has 1 aliphatic rings. The molecule has 6 nitrogen and oxygen atoms in total. The van der Waals surface area contributed by atoms with E-state index in [2.05, 4.69) is 11.9 Å². The molecule has 1 aliphatic carbocycles. The van der Waals surface area contributed by atoms with Crippen LogP contribution in [0.15, 0.2) is 42.5 Å². The minimum atomic E-state index is -3.03. The van der Waals surface area contributed by atoms with E-state index in [0.717, 1.165) is 19.3 Å². The summed E-state index contributed by atoms with van der Waals surface area (Å²) in [6.07, 6.45) is 4.08. The number of ether oxygens (including phenoxy) is 1. The van der Waals surface area contributed by atoms with Crippen molar-refractivity contribution in [3.8, 4) is 11.8 Å². The summed E-state index contributed by atoms with van der Waals surface area (Å²) in [5, 5.41) is 20.2. The van der Waals surface area contributed by atoms with Crippen LogP contribution in [0.3, 0.4) is 0 Å². The number of imidazole rings is 1. The maximum Gasteiger partial charge on any atom is 0.387 e. The Morgan fingerprint density at radius 1 is 1.31 bits per heavy atom.